The molecule has 1 N–H and O–H groups in total. The minimum Gasteiger partial charge on any atom is -0.451 e. The highest BCUT2D eigenvalue weighted by atomic mass is 35.5. The van der Waals surface area contributed by atoms with Crippen molar-refractivity contribution in [1.82, 2.24) is 4.90 Å². The van der Waals surface area contributed by atoms with E-state index in [0.29, 0.717) is 22.3 Å². The Hall–Kier alpha value is -1.52. The average molecular weight is 336 g/mol. The van der Waals surface area contributed by atoms with Gasteiger partial charge in [-0.1, -0.05) is 11.6 Å². The minimum atomic E-state index is -0.0812. The molecule has 1 aromatic heterocycles. The first-order valence-electron chi connectivity index (χ1n) is 8.08. The molecule has 0 radical (unpaired) electrons. The third kappa shape index (κ3) is 3.10. The molecule has 0 saturated heterocycles. The maximum atomic E-state index is 12.8. The van der Waals surface area contributed by atoms with Gasteiger partial charge in [0.05, 0.1) is 0 Å². The van der Waals surface area contributed by atoms with Crippen LogP contribution in [-0.4, -0.2) is 35.6 Å². The predicted molar refractivity (Wildman–Crippen MR) is 90.9 cm³/mol. The van der Waals surface area contributed by atoms with E-state index in [1.807, 2.05) is 20.0 Å². The normalized spacial score (nSPS) is 21.6. The highest BCUT2D eigenvalue weighted by Gasteiger charge is 2.29. The second-order valence-electron chi connectivity index (χ2n) is 6.47. The molecule has 0 aliphatic heterocycles. The van der Waals surface area contributed by atoms with Gasteiger partial charge in [-0.05, 0) is 56.7 Å². The van der Waals surface area contributed by atoms with E-state index in [0.717, 1.165) is 36.6 Å². The predicted octanol–water partition coefficient (Wildman–Crippen LogP) is 4.02. The zero-order chi connectivity index (χ0) is 16.6. The van der Waals surface area contributed by atoms with Crippen LogP contribution in [0.4, 0.5) is 0 Å². The molecule has 0 unspecified atom stereocenters. The largest absolute Gasteiger partial charge is 0.451 e. The van der Waals surface area contributed by atoms with Gasteiger partial charge in [0.1, 0.15) is 5.58 Å². The Labute approximate surface area is 141 Å². The summed E-state index contributed by atoms with van der Waals surface area (Å²) < 4.78 is 5.78. The Morgan fingerprint density at radius 3 is 2.70 bits per heavy atom. The maximum absolute atomic E-state index is 12.8. The molecule has 0 atom stereocenters. The van der Waals surface area contributed by atoms with Gasteiger partial charge in [0, 0.05) is 35.7 Å². The lowest BCUT2D eigenvalue weighted by atomic mass is 9.86. The van der Waals surface area contributed by atoms with Crippen molar-refractivity contribution in [2.75, 3.05) is 13.7 Å². The SMILES string of the molecule is Cc1c(C(=O)N(C)C2CCC(CO)CC2)oc2ccc(Cl)cc12. The van der Waals surface area contributed by atoms with E-state index in [-0.39, 0.29) is 18.6 Å². The van der Waals surface area contributed by atoms with Crippen molar-refractivity contribution in [3.8, 4) is 0 Å². The van der Waals surface area contributed by atoms with Crippen LogP contribution >= 0.6 is 11.6 Å². The first kappa shape index (κ1) is 16.3. The summed E-state index contributed by atoms with van der Waals surface area (Å²) in [5.41, 5.74) is 1.52. The molecule has 1 aliphatic rings. The summed E-state index contributed by atoms with van der Waals surface area (Å²) in [7, 11) is 1.84. The quantitative estimate of drug-likeness (QED) is 0.921. The number of hydrogen-bond donors (Lipinski definition) is 1. The molecule has 5 heteroatoms. The molecule has 1 amide bonds. The lowest BCUT2D eigenvalue weighted by molar-refractivity contribution is 0.0623. The summed E-state index contributed by atoms with van der Waals surface area (Å²) in [5, 5.41) is 10.8. The lowest BCUT2D eigenvalue weighted by Gasteiger charge is -2.33. The van der Waals surface area contributed by atoms with Gasteiger partial charge in [-0.15, -0.1) is 0 Å². The van der Waals surface area contributed by atoms with Gasteiger partial charge in [0.2, 0.25) is 0 Å². The Morgan fingerprint density at radius 1 is 1.35 bits per heavy atom. The molecule has 0 spiro atoms. The maximum Gasteiger partial charge on any atom is 0.289 e. The van der Waals surface area contributed by atoms with Gasteiger partial charge in [-0.2, -0.15) is 0 Å². The standard InChI is InChI=1S/C18H22ClNO3/c1-11-15-9-13(19)5-8-16(15)23-17(11)18(22)20(2)14-6-3-12(10-21)4-7-14/h5,8-9,12,14,21H,3-4,6-7,10H2,1-2H3. The highest BCUT2D eigenvalue weighted by molar-refractivity contribution is 6.31. The highest BCUT2D eigenvalue weighted by Crippen LogP contribution is 2.31. The topological polar surface area (TPSA) is 53.7 Å². The summed E-state index contributed by atoms with van der Waals surface area (Å²) in [4.78, 5) is 14.6. The minimum absolute atomic E-state index is 0.0812. The molecule has 0 bridgehead atoms. The number of carbonyl (C=O) groups excluding carboxylic acids is 1. The van der Waals surface area contributed by atoms with Crippen LogP contribution in [0.3, 0.4) is 0 Å². The first-order valence-corrected chi connectivity index (χ1v) is 8.45. The molecule has 1 saturated carbocycles. The number of fused-ring (bicyclic) bond motifs is 1. The fraction of sp³-hybridized carbons (Fsp3) is 0.500. The van der Waals surface area contributed by atoms with Crippen LogP contribution in [0.25, 0.3) is 11.0 Å². The van der Waals surface area contributed by atoms with Crippen molar-refractivity contribution < 1.29 is 14.3 Å². The van der Waals surface area contributed by atoms with E-state index in [9.17, 15) is 9.90 Å². The third-order valence-electron chi connectivity index (χ3n) is 5.04. The first-order chi connectivity index (χ1) is 11.0. The lowest BCUT2D eigenvalue weighted by Crippen LogP contribution is -2.39. The van der Waals surface area contributed by atoms with Crippen molar-refractivity contribution in [3.63, 3.8) is 0 Å². The van der Waals surface area contributed by atoms with E-state index < -0.39 is 0 Å². The van der Waals surface area contributed by atoms with E-state index in [1.54, 1.807) is 17.0 Å². The molecule has 2 aromatic rings. The second kappa shape index (κ2) is 6.54. The van der Waals surface area contributed by atoms with Crippen LogP contribution in [-0.2, 0) is 0 Å². The molecule has 1 aliphatic carbocycles. The van der Waals surface area contributed by atoms with Crippen LogP contribution in [0, 0.1) is 12.8 Å². The van der Waals surface area contributed by atoms with Gasteiger partial charge in [-0.3, -0.25) is 4.79 Å². The van der Waals surface area contributed by atoms with Crippen LogP contribution in [0.5, 0.6) is 0 Å². The molecule has 124 valence electrons. The van der Waals surface area contributed by atoms with Crippen molar-refractivity contribution in [3.05, 3.63) is 34.5 Å². The Bertz CT molecular complexity index is 716. The monoisotopic (exact) mass is 335 g/mol. The molecule has 1 aromatic carbocycles. The Kier molecular flexibility index (Phi) is 4.64. The summed E-state index contributed by atoms with van der Waals surface area (Å²) >= 11 is 6.03. The number of aliphatic hydroxyl groups excluding tert-OH is 1. The summed E-state index contributed by atoms with van der Waals surface area (Å²) in [6.45, 7) is 2.14. The third-order valence-corrected chi connectivity index (χ3v) is 5.27. The molecular formula is C18H22ClNO3. The summed E-state index contributed by atoms with van der Waals surface area (Å²) in [6.07, 6.45) is 3.79. The average Bonchev–Trinajstić information content (AvgIpc) is 2.90. The van der Waals surface area contributed by atoms with Gasteiger partial charge in [0.25, 0.3) is 5.91 Å². The molecule has 3 rings (SSSR count). The van der Waals surface area contributed by atoms with Crippen LogP contribution in [0.2, 0.25) is 5.02 Å². The number of furan rings is 1. The van der Waals surface area contributed by atoms with E-state index in [4.69, 9.17) is 16.0 Å². The zero-order valence-corrected chi connectivity index (χ0v) is 14.3. The number of hydrogen-bond acceptors (Lipinski definition) is 3. The number of rotatable bonds is 3. The molecule has 4 nitrogen and oxygen atoms in total. The molecule has 23 heavy (non-hydrogen) atoms. The van der Waals surface area contributed by atoms with Crippen molar-refractivity contribution >= 4 is 28.5 Å². The zero-order valence-electron chi connectivity index (χ0n) is 13.5. The molecular weight excluding hydrogens is 314 g/mol. The van der Waals surface area contributed by atoms with E-state index >= 15 is 0 Å². The van der Waals surface area contributed by atoms with Gasteiger partial charge >= 0.3 is 0 Å². The van der Waals surface area contributed by atoms with Gasteiger partial charge < -0.3 is 14.4 Å². The number of aliphatic hydroxyl groups is 1. The Balaban J connectivity index is 1.81. The fourth-order valence-corrected chi connectivity index (χ4v) is 3.61. The molecule has 1 fully saturated rings. The second-order valence-corrected chi connectivity index (χ2v) is 6.91. The number of halogens is 1. The van der Waals surface area contributed by atoms with E-state index in [1.165, 1.54) is 0 Å². The van der Waals surface area contributed by atoms with Crippen molar-refractivity contribution in [2.24, 2.45) is 5.92 Å². The summed E-state index contributed by atoms with van der Waals surface area (Å²) in [6, 6.07) is 5.61. The number of aryl methyl sites for hydroxylation is 1. The Morgan fingerprint density at radius 2 is 2.04 bits per heavy atom. The number of amides is 1. The smallest absolute Gasteiger partial charge is 0.289 e. The van der Waals surface area contributed by atoms with Crippen molar-refractivity contribution in [1.29, 1.82) is 0 Å². The van der Waals surface area contributed by atoms with Crippen LogP contribution in [0.15, 0.2) is 22.6 Å². The van der Waals surface area contributed by atoms with Crippen LogP contribution < -0.4 is 0 Å². The fourth-order valence-electron chi connectivity index (χ4n) is 3.44. The van der Waals surface area contributed by atoms with Gasteiger partial charge in [0.15, 0.2) is 5.76 Å². The number of nitrogens with zero attached hydrogens (tertiary/aromatic N) is 1. The van der Waals surface area contributed by atoms with Crippen molar-refractivity contribution in [2.45, 2.75) is 38.6 Å². The number of carbonyl (C=O) groups is 1. The van der Waals surface area contributed by atoms with Crippen LogP contribution in [0.1, 0.15) is 41.8 Å². The van der Waals surface area contributed by atoms with E-state index in [2.05, 4.69) is 0 Å². The summed E-state index contributed by atoms with van der Waals surface area (Å²) in [5.74, 6) is 0.696. The van der Waals surface area contributed by atoms with Gasteiger partial charge in [-0.25, -0.2) is 0 Å². The number of benzene rings is 1. The molecule has 1 heterocycles.